The zero-order valence-corrected chi connectivity index (χ0v) is 12.5. The minimum Gasteiger partial charge on any atom is -0.461 e. The molecule has 0 fully saturated rings. The minimum absolute atomic E-state index is 0.0626. The summed E-state index contributed by atoms with van der Waals surface area (Å²) in [5, 5.41) is 0. The summed E-state index contributed by atoms with van der Waals surface area (Å²) >= 11 is 7.23. The Hall–Kier alpha value is -0.770. The summed E-state index contributed by atoms with van der Waals surface area (Å²) in [5.74, 6) is -1.60. The minimum atomic E-state index is -4.88. The molecule has 0 aliphatic carbocycles. The van der Waals surface area contributed by atoms with Gasteiger partial charge in [0.25, 0.3) is 0 Å². The third-order valence-corrected chi connectivity index (χ3v) is 3.04. The second-order valence-electron chi connectivity index (χ2n) is 3.18. The second kappa shape index (κ2) is 6.60. The van der Waals surface area contributed by atoms with Crippen LogP contribution in [0.25, 0.3) is 0 Å². The van der Waals surface area contributed by atoms with E-state index in [9.17, 15) is 18.0 Å². The molecule has 1 aromatic rings. The molecule has 1 heterocycles. The first-order valence-electron chi connectivity index (χ1n) is 4.96. The van der Waals surface area contributed by atoms with E-state index in [4.69, 9.17) is 11.6 Å². The number of alkyl halides is 4. The fraction of sp³-hybridized carbons (Fsp3) is 0.400. The highest BCUT2D eigenvalue weighted by atomic mass is 127. The average molecular weight is 410 g/mol. The van der Waals surface area contributed by atoms with E-state index < -0.39 is 18.1 Å². The Morgan fingerprint density at radius 3 is 2.63 bits per heavy atom. The van der Waals surface area contributed by atoms with Crippen LogP contribution in [0, 0.1) is 3.70 Å². The van der Waals surface area contributed by atoms with E-state index in [1.54, 1.807) is 29.5 Å². The van der Waals surface area contributed by atoms with Gasteiger partial charge in [0.1, 0.15) is 9.45 Å². The molecule has 0 aromatic carbocycles. The first-order valence-corrected chi connectivity index (χ1v) is 6.58. The molecule has 0 amide bonds. The van der Waals surface area contributed by atoms with Crippen molar-refractivity contribution < 1.29 is 27.4 Å². The van der Waals surface area contributed by atoms with E-state index >= 15 is 0 Å². The summed E-state index contributed by atoms with van der Waals surface area (Å²) in [6.45, 7) is 1.66. The molecule has 0 spiro atoms. The highest BCUT2D eigenvalue weighted by Crippen LogP contribution is 2.30. The Morgan fingerprint density at radius 2 is 2.16 bits per heavy atom. The van der Waals surface area contributed by atoms with E-state index in [0.717, 1.165) is 6.07 Å². The SMILES string of the molecule is CCOC(=O)c1cc(OC(F)(F)F)c(CCl)c(I)n1. The standard InChI is InChI=1S/C10H8ClF3INO3/c1-2-18-9(17)6-3-7(19-10(12,13)14)5(4-11)8(15)16-6/h3H,2,4H2,1H3. The molecule has 9 heteroatoms. The van der Waals surface area contributed by atoms with Crippen molar-refractivity contribution in [1.82, 2.24) is 4.98 Å². The Labute approximate surface area is 125 Å². The van der Waals surface area contributed by atoms with E-state index in [2.05, 4.69) is 14.5 Å². The Bertz CT molecular complexity index is 482. The van der Waals surface area contributed by atoms with Gasteiger partial charge in [-0.25, -0.2) is 9.78 Å². The number of hydrogen-bond acceptors (Lipinski definition) is 4. The largest absolute Gasteiger partial charge is 0.573 e. The molecule has 0 unspecified atom stereocenters. The van der Waals surface area contributed by atoms with Crippen LogP contribution in [0.1, 0.15) is 23.0 Å². The Balaban J connectivity index is 3.22. The summed E-state index contributed by atoms with van der Waals surface area (Å²) in [7, 11) is 0. The fourth-order valence-electron chi connectivity index (χ4n) is 1.16. The lowest BCUT2D eigenvalue weighted by molar-refractivity contribution is -0.274. The number of hydrogen-bond donors (Lipinski definition) is 0. The van der Waals surface area contributed by atoms with Gasteiger partial charge in [-0.3, -0.25) is 0 Å². The molecule has 19 heavy (non-hydrogen) atoms. The number of ether oxygens (including phenoxy) is 2. The number of esters is 1. The van der Waals surface area contributed by atoms with E-state index in [-0.39, 0.29) is 27.4 Å². The first-order chi connectivity index (χ1) is 8.78. The lowest BCUT2D eigenvalue weighted by Gasteiger charge is -2.14. The van der Waals surface area contributed by atoms with Crippen molar-refractivity contribution in [2.24, 2.45) is 0 Å². The van der Waals surface area contributed by atoms with Crippen LogP contribution in [-0.2, 0) is 10.6 Å². The zero-order chi connectivity index (χ0) is 14.6. The summed E-state index contributed by atoms with van der Waals surface area (Å²) in [6.07, 6.45) is -4.88. The van der Waals surface area contributed by atoms with Crippen LogP contribution in [-0.4, -0.2) is 23.9 Å². The summed E-state index contributed by atoms with van der Waals surface area (Å²) in [4.78, 5) is 15.3. The molecular formula is C10H8ClF3INO3. The Kier molecular flexibility index (Phi) is 5.65. The first kappa shape index (κ1) is 16.3. The molecule has 4 nitrogen and oxygen atoms in total. The van der Waals surface area contributed by atoms with Gasteiger partial charge in [-0.2, -0.15) is 0 Å². The van der Waals surface area contributed by atoms with Crippen molar-refractivity contribution in [1.29, 1.82) is 0 Å². The molecule has 0 N–H and O–H groups in total. The second-order valence-corrected chi connectivity index (χ2v) is 4.47. The number of nitrogens with zero attached hydrogens (tertiary/aromatic N) is 1. The predicted octanol–water partition coefficient (Wildman–Crippen LogP) is 3.50. The van der Waals surface area contributed by atoms with E-state index in [1.165, 1.54) is 0 Å². The number of carbonyl (C=O) groups excluding carboxylic acids is 1. The quantitative estimate of drug-likeness (QED) is 0.331. The van der Waals surface area contributed by atoms with Crippen LogP contribution in [0.4, 0.5) is 13.2 Å². The Morgan fingerprint density at radius 1 is 1.53 bits per heavy atom. The maximum absolute atomic E-state index is 12.3. The lowest BCUT2D eigenvalue weighted by Crippen LogP contribution is -2.19. The predicted molar refractivity (Wildman–Crippen MR) is 69.2 cm³/mol. The van der Waals surface area contributed by atoms with Crippen LogP contribution in [0.2, 0.25) is 0 Å². The monoisotopic (exact) mass is 409 g/mol. The smallest absolute Gasteiger partial charge is 0.461 e. The average Bonchev–Trinajstić information content (AvgIpc) is 2.26. The van der Waals surface area contributed by atoms with E-state index in [1.807, 2.05) is 0 Å². The molecule has 0 saturated carbocycles. The maximum Gasteiger partial charge on any atom is 0.573 e. The van der Waals surface area contributed by atoms with Crippen LogP contribution < -0.4 is 4.74 Å². The number of aromatic nitrogens is 1. The van der Waals surface area contributed by atoms with Gasteiger partial charge in [0.15, 0.2) is 5.69 Å². The zero-order valence-electron chi connectivity index (χ0n) is 9.55. The van der Waals surface area contributed by atoms with Gasteiger partial charge in [0, 0.05) is 11.6 Å². The maximum atomic E-state index is 12.3. The molecule has 0 saturated heterocycles. The molecule has 0 atom stereocenters. The topological polar surface area (TPSA) is 48.4 Å². The molecule has 0 aliphatic heterocycles. The molecule has 106 valence electrons. The fourth-order valence-corrected chi connectivity index (χ4v) is 2.36. The van der Waals surface area contributed by atoms with Gasteiger partial charge < -0.3 is 9.47 Å². The normalized spacial score (nSPS) is 11.3. The lowest BCUT2D eigenvalue weighted by atomic mass is 10.2. The molecule has 0 aliphatic rings. The van der Waals surface area contributed by atoms with Crippen molar-refractivity contribution in [3.8, 4) is 5.75 Å². The van der Waals surface area contributed by atoms with Gasteiger partial charge >= 0.3 is 12.3 Å². The molecule has 0 bridgehead atoms. The van der Waals surface area contributed by atoms with Crippen molar-refractivity contribution in [2.45, 2.75) is 19.2 Å². The molecular weight excluding hydrogens is 401 g/mol. The van der Waals surface area contributed by atoms with Gasteiger partial charge in [-0.1, -0.05) is 0 Å². The van der Waals surface area contributed by atoms with Gasteiger partial charge in [0.2, 0.25) is 0 Å². The third kappa shape index (κ3) is 4.68. The van der Waals surface area contributed by atoms with Crippen molar-refractivity contribution in [3.05, 3.63) is 21.0 Å². The molecule has 1 rings (SSSR count). The van der Waals surface area contributed by atoms with Crippen molar-refractivity contribution in [3.63, 3.8) is 0 Å². The third-order valence-electron chi connectivity index (χ3n) is 1.88. The molecule has 1 aromatic heterocycles. The number of halogens is 5. The number of carbonyl (C=O) groups is 1. The van der Waals surface area contributed by atoms with Crippen LogP contribution in [0.5, 0.6) is 5.75 Å². The highest BCUT2D eigenvalue weighted by molar-refractivity contribution is 14.1. The molecule has 0 radical (unpaired) electrons. The van der Waals surface area contributed by atoms with E-state index in [0.29, 0.717) is 0 Å². The van der Waals surface area contributed by atoms with Crippen molar-refractivity contribution in [2.75, 3.05) is 6.61 Å². The van der Waals surface area contributed by atoms with Gasteiger partial charge in [-0.15, -0.1) is 24.8 Å². The van der Waals surface area contributed by atoms with Crippen LogP contribution in [0.15, 0.2) is 6.07 Å². The summed E-state index contributed by atoms with van der Waals surface area (Å²) < 4.78 is 45.5. The van der Waals surface area contributed by atoms with Crippen LogP contribution in [0.3, 0.4) is 0 Å². The van der Waals surface area contributed by atoms with Crippen LogP contribution >= 0.6 is 34.2 Å². The summed E-state index contributed by atoms with van der Waals surface area (Å²) in [6, 6.07) is 0.866. The number of pyridine rings is 1. The van der Waals surface area contributed by atoms with Gasteiger partial charge in [-0.05, 0) is 29.5 Å². The highest BCUT2D eigenvalue weighted by Gasteiger charge is 2.33. The number of rotatable bonds is 4. The summed E-state index contributed by atoms with van der Waals surface area (Å²) in [5.41, 5.74) is -0.202. The van der Waals surface area contributed by atoms with Crippen molar-refractivity contribution >= 4 is 40.2 Å². The van der Waals surface area contributed by atoms with Gasteiger partial charge in [0.05, 0.1) is 12.5 Å².